The average molecular weight is 510 g/mol. The molecule has 0 aromatic heterocycles. The van der Waals surface area contributed by atoms with Gasteiger partial charge in [0.1, 0.15) is 6.04 Å². The third-order valence-electron chi connectivity index (χ3n) is 4.96. The number of halogens is 1. The first-order chi connectivity index (χ1) is 16.3. The summed E-state index contributed by atoms with van der Waals surface area (Å²) in [6.07, 6.45) is 1.43. The zero-order valence-corrected chi connectivity index (χ0v) is 20.1. The van der Waals surface area contributed by atoms with Crippen LogP contribution in [-0.2, 0) is 19.6 Å². The first kappa shape index (κ1) is 25.5. The molecule has 1 saturated heterocycles. The van der Waals surface area contributed by atoms with Crippen molar-refractivity contribution in [2.45, 2.75) is 30.7 Å². The molecule has 0 radical (unpaired) electrons. The van der Waals surface area contributed by atoms with E-state index in [9.17, 15) is 18.0 Å². The van der Waals surface area contributed by atoms with Crippen molar-refractivity contribution in [3.63, 3.8) is 0 Å². The van der Waals surface area contributed by atoms with Gasteiger partial charge in [0.05, 0.1) is 24.8 Å². The Morgan fingerprint density at radius 2 is 1.94 bits per heavy atom. The van der Waals surface area contributed by atoms with E-state index in [0.717, 1.165) is 0 Å². The van der Waals surface area contributed by atoms with E-state index in [1.165, 1.54) is 48.0 Å². The number of ether oxygens (including phenoxy) is 3. The SMILES string of the molecule is CCOC(=O)Oc1ccc(/C=N\NC(=O)[C@@H]2CCCN2S(=O)(=O)c2ccc(Cl)cc2)cc1OC. The fourth-order valence-electron chi connectivity index (χ4n) is 3.36. The molecule has 0 unspecified atom stereocenters. The van der Waals surface area contributed by atoms with E-state index in [4.69, 9.17) is 25.8 Å². The van der Waals surface area contributed by atoms with Crippen LogP contribution in [0.3, 0.4) is 0 Å². The van der Waals surface area contributed by atoms with Crippen LogP contribution in [0.5, 0.6) is 11.5 Å². The van der Waals surface area contributed by atoms with Gasteiger partial charge in [-0.25, -0.2) is 18.6 Å². The second-order valence-electron chi connectivity index (χ2n) is 7.16. The Kier molecular flexibility index (Phi) is 8.48. The van der Waals surface area contributed by atoms with Gasteiger partial charge in [-0.2, -0.15) is 9.41 Å². The van der Waals surface area contributed by atoms with E-state index in [1.54, 1.807) is 19.1 Å². The van der Waals surface area contributed by atoms with Gasteiger partial charge in [0.15, 0.2) is 11.5 Å². The van der Waals surface area contributed by atoms with E-state index in [0.29, 0.717) is 23.4 Å². The molecule has 0 bridgehead atoms. The second-order valence-corrected chi connectivity index (χ2v) is 9.48. The number of carbonyl (C=O) groups is 2. The number of sulfonamides is 1. The summed E-state index contributed by atoms with van der Waals surface area (Å²) in [6.45, 7) is 2.06. The molecule has 0 spiro atoms. The number of nitrogens with zero attached hydrogens (tertiary/aromatic N) is 2. The van der Waals surface area contributed by atoms with Crippen LogP contribution in [0.25, 0.3) is 0 Å². The average Bonchev–Trinajstić information content (AvgIpc) is 3.31. The zero-order valence-electron chi connectivity index (χ0n) is 18.6. The van der Waals surface area contributed by atoms with Crippen LogP contribution in [0, 0.1) is 0 Å². The molecule has 1 aliphatic heterocycles. The van der Waals surface area contributed by atoms with Gasteiger partial charge in [0.25, 0.3) is 5.91 Å². The molecule has 1 aliphatic rings. The molecule has 0 saturated carbocycles. The minimum atomic E-state index is -3.86. The molecule has 2 aromatic rings. The molecule has 0 aliphatic carbocycles. The predicted molar refractivity (Wildman–Crippen MR) is 125 cm³/mol. The Bertz CT molecular complexity index is 1170. The summed E-state index contributed by atoms with van der Waals surface area (Å²) in [4.78, 5) is 24.3. The van der Waals surface area contributed by atoms with Crippen LogP contribution < -0.4 is 14.9 Å². The van der Waals surface area contributed by atoms with Crippen molar-refractivity contribution in [3.05, 3.63) is 53.1 Å². The van der Waals surface area contributed by atoms with Gasteiger partial charge >= 0.3 is 6.16 Å². The summed E-state index contributed by atoms with van der Waals surface area (Å²) in [6, 6.07) is 9.56. The standard InChI is InChI=1S/C22H24ClN3O7S/c1-3-32-22(28)33-19-11-6-15(13-20(19)31-2)14-24-25-21(27)18-5-4-12-26(18)34(29,30)17-9-7-16(23)8-10-17/h6-11,13-14,18H,3-5,12H2,1-2H3,(H,25,27)/b24-14-/t18-/m0/s1. The fourth-order valence-corrected chi connectivity index (χ4v) is 5.15. The highest BCUT2D eigenvalue weighted by atomic mass is 35.5. The van der Waals surface area contributed by atoms with Gasteiger partial charge in [0, 0.05) is 11.6 Å². The van der Waals surface area contributed by atoms with Gasteiger partial charge in [-0.15, -0.1) is 0 Å². The van der Waals surface area contributed by atoms with Crippen LogP contribution in [0.15, 0.2) is 52.5 Å². The van der Waals surface area contributed by atoms with Gasteiger partial charge in [0.2, 0.25) is 10.0 Å². The van der Waals surface area contributed by atoms with Gasteiger partial charge in [-0.3, -0.25) is 4.79 Å². The van der Waals surface area contributed by atoms with Crippen LogP contribution in [-0.4, -0.2) is 57.3 Å². The Balaban J connectivity index is 1.67. The minimum absolute atomic E-state index is 0.0670. The van der Waals surface area contributed by atoms with Crippen molar-refractivity contribution in [1.82, 2.24) is 9.73 Å². The first-order valence-electron chi connectivity index (χ1n) is 10.4. The number of hydrogen-bond donors (Lipinski definition) is 1. The summed E-state index contributed by atoms with van der Waals surface area (Å²) in [7, 11) is -2.45. The summed E-state index contributed by atoms with van der Waals surface area (Å²) >= 11 is 5.85. The van der Waals surface area contributed by atoms with Gasteiger partial charge in [-0.1, -0.05) is 11.6 Å². The summed E-state index contributed by atoms with van der Waals surface area (Å²) in [5.41, 5.74) is 2.94. The fraction of sp³-hybridized carbons (Fsp3) is 0.318. The van der Waals surface area contributed by atoms with E-state index in [-0.39, 0.29) is 29.5 Å². The van der Waals surface area contributed by atoms with Crippen molar-refractivity contribution in [2.75, 3.05) is 20.3 Å². The van der Waals surface area contributed by atoms with Crippen LogP contribution in [0.1, 0.15) is 25.3 Å². The number of carbonyl (C=O) groups excluding carboxylic acids is 2. The largest absolute Gasteiger partial charge is 0.513 e. The molecule has 1 atom stereocenters. The van der Waals surface area contributed by atoms with Gasteiger partial charge in [-0.05, 0) is 67.8 Å². The molecule has 1 amide bonds. The number of benzene rings is 2. The van der Waals surface area contributed by atoms with E-state index in [1.807, 2.05) is 0 Å². The maximum Gasteiger partial charge on any atom is 0.513 e. The highest BCUT2D eigenvalue weighted by Crippen LogP contribution is 2.28. The monoisotopic (exact) mass is 509 g/mol. The summed E-state index contributed by atoms with van der Waals surface area (Å²) < 4.78 is 42.1. The lowest BCUT2D eigenvalue weighted by Crippen LogP contribution is -2.44. The maximum atomic E-state index is 13.0. The number of methoxy groups -OCH3 is 1. The quantitative estimate of drug-likeness (QED) is 0.251. The lowest BCUT2D eigenvalue weighted by atomic mass is 10.2. The summed E-state index contributed by atoms with van der Waals surface area (Å²) in [5, 5.41) is 4.35. The summed E-state index contributed by atoms with van der Waals surface area (Å²) in [5.74, 6) is -0.115. The smallest absolute Gasteiger partial charge is 0.493 e. The molecule has 1 heterocycles. The number of hydrazone groups is 1. The van der Waals surface area contributed by atoms with E-state index >= 15 is 0 Å². The van der Waals surface area contributed by atoms with E-state index in [2.05, 4.69) is 10.5 Å². The number of nitrogens with one attached hydrogen (secondary N) is 1. The van der Waals surface area contributed by atoms with Crippen molar-refractivity contribution in [3.8, 4) is 11.5 Å². The van der Waals surface area contributed by atoms with Crippen molar-refractivity contribution >= 4 is 39.9 Å². The third kappa shape index (κ3) is 6.04. The van der Waals surface area contributed by atoms with Crippen LogP contribution in [0.2, 0.25) is 5.02 Å². The Morgan fingerprint density at radius 3 is 2.62 bits per heavy atom. The normalized spacial score (nSPS) is 16.4. The highest BCUT2D eigenvalue weighted by Gasteiger charge is 2.39. The lowest BCUT2D eigenvalue weighted by molar-refractivity contribution is -0.124. The van der Waals surface area contributed by atoms with Crippen LogP contribution in [0.4, 0.5) is 4.79 Å². The Morgan fingerprint density at radius 1 is 1.21 bits per heavy atom. The molecule has 182 valence electrons. The Hall–Kier alpha value is -3.15. The zero-order chi connectivity index (χ0) is 24.7. The van der Waals surface area contributed by atoms with Crippen molar-refractivity contribution in [2.24, 2.45) is 5.10 Å². The number of amides is 1. The molecule has 12 heteroatoms. The number of hydrogen-bond acceptors (Lipinski definition) is 8. The predicted octanol–water partition coefficient (Wildman–Crippen LogP) is 3.19. The molecule has 2 aromatic carbocycles. The van der Waals surface area contributed by atoms with Crippen molar-refractivity contribution in [1.29, 1.82) is 0 Å². The van der Waals surface area contributed by atoms with Gasteiger partial charge < -0.3 is 14.2 Å². The minimum Gasteiger partial charge on any atom is -0.493 e. The molecule has 1 N–H and O–H groups in total. The maximum absolute atomic E-state index is 13.0. The molecule has 34 heavy (non-hydrogen) atoms. The molecule has 10 nitrogen and oxygen atoms in total. The molecule has 3 rings (SSSR count). The highest BCUT2D eigenvalue weighted by molar-refractivity contribution is 7.89. The Labute approximate surface area is 202 Å². The molecular weight excluding hydrogens is 486 g/mol. The van der Waals surface area contributed by atoms with Crippen LogP contribution >= 0.6 is 11.6 Å². The number of rotatable bonds is 8. The topological polar surface area (TPSA) is 124 Å². The third-order valence-corrected chi connectivity index (χ3v) is 7.13. The molecule has 1 fully saturated rings. The van der Waals surface area contributed by atoms with Crippen molar-refractivity contribution < 1.29 is 32.2 Å². The van der Waals surface area contributed by atoms with E-state index < -0.39 is 28.1 Å². The second kappa shape index (κ2) is 11.3. The molecular formula is C22H24ClN3O7S. The first-order valence-corrected chi connectivity index (χ1v) is 12.2. The lowest BCUT2D eigenvalue weighted by Gasteiger charge is -2.22.